The van der Waals surface area contributed by atoms with Crippen LogP contribution in [0.3, 0.4) is 0 Å². The summed E-state index contributed by atoms with van der Waals surface area (Å²) < 4.78 is 32.1. The predicted molar refractivity (Wildman–Crippen MR) is 163 cm³/mol. The van der Waals surface area contributed by atoms with Crippen LogP contribution in [0.15, 0.2) is 78.9 Å². The van der Waals surface area contributed by atoms with Gasteiger partial charge in [-0.1, -0.05) is 66.7 Å². The molecule has 0 saturated heterocycles. The average molecular weight is 580 g/mol. The van der Waals surface area contributed by atoms with E-state index < -0.39 is 16.1 Å². The summed E-state index contributed by atoms with van der Waals surface area (Å²) in [5.41, 5.74) is 3.33. The van der Waals surface area contributed by atoms with Gasteiger partial charge in [-0.2, -0.15) is 0 Å². The molecular formula is C32H41N3O5S. The van der Waals surface area contributed by atoms with Crippen LogP contribution in [0.1, 0.15) is 43.4 Å². The summed E-state index contributed by atoms with van der Waals surface area (Å²) in [4.78, 5) is 29.1. The summed E-state index contributed by atoms with van der Waals surface area (Å²) in [5, 5.41) is 2.99. The molecule has 1 atom stereocenters. The highest BCUT2D eigenvalue weighted by Crippen LogP contribution is 2.30. The fourth-order valence-electron chi connectivity index (χ4n) is 4.72. The highest BCUT2D eigenvalue weighted by atomic mass is 32.2. The summed E-state index contributed by atoms with van der Waals surface area (Å²) in [6.07, 6.45) is 1.82. The number of aryl methyl sites for hydroxylation is 1. The van der Waals surface area contributed by atoms with E-state index in [4.69, 9.17) is 4.74 Å². The van der Waals surface area contributed by atoms with E-state index in [1.165, 1.54) is 11.4 Å². The molecule has 3 aromatic carbocycles. The summed E-state index contributed by atoms with van der Waals surface area (Å²) in [6.45, 7) is 6.11. The molecule has 220 valence electrons. The SMILES string of the molecule is COc1ccccc1N(CCCC(=O)N(Cc1ccccc1C)[C@@H](Cc1ccccc1)C(=O)NC(C)C)S(C)(=O)=O. The third-order valence-corrected chi connectivity index (χ3v) is 7.99. The van der Waals surface area contributed by atoms with Crippen LogP contribution in [-0.4, -0.2) is 57.1 Å². The molecule has 2 amide bonds. The number of nitrogens with one attached hydrogen (secondary N) is 1. The van der Waals surface area contributed by atoms with Gasteiger partial charge in [-0.25, -0.2) is 8.42 Å². The Hall–Kier alpha value is -3.85. The van der Waals surface area contributed by atoms with Crippen molar-refractivity contribution < 1.29 is 22.7 Å². The molecule has 8 nitrogen and oxygen atoms in total. The molecule has 0 aromatic heterocycles. The van der Waals surface area contributed by atoms with E-state index in [-0.39, 0.29) is 43.8 Å². The summed E-state index contributed by atoms with van der Waals surface area (Å²) >= 11 is 0. The van der Waals surface area contributed by atoms with Crippen molar-refractivity contribution in [1.82, 2.24) is 10.2 Å². The topological polar surface area (TPSA) is 96.0 Å². The van der Waals surface area contributed by atoms with Crippen LogP contribution in [0, 0.1) is 6.92 Å². The Bertz CT molecular complexity index is 1410. The van der Waals surface area contributed by atoms with Gasteiger partial charge in [-0.15, -0.1) is 0 Å². The Kier molecular flexibility index (Phi) is 11.3. The molecule has 0 aliphatic rings. The maximum Gasteiger partial charge on any atom is 0.243 e. The minimum Gasteiger partial charge on any atom is -0.495 e. The van der Waals surface area contributed by atoms with Crippen molar-refractivity contribution in [2.45, 2.75) is 58.7 Å². The van der Waals surface area contributed by atoms with Gasteiger partial charge in [0, 0.05) is 32.0 Å². The van der Waals surface area contributed by atoms with Crippen LogP contribution in [0.5, 0.6) is 5.75 Å². The molecule has 3 aromatic rings. The summed E-state index contributed by atoms with van der Waals surface area (Å²) in [5.74, 6) is -0.0159. The van der Waals surface area contributed by atoms with Gasteiger partial charge in [0.2, 0.25) is 21.8 Å². The minimum atomic E-state index is -3.64. The molecule has 3 rings (SSSR count). The maximum absolute atomic E-state index is 13.9. The minimum absolute atomic E-state index is 0.0628. The Morgan fingerprint density at radius 2 is 1.56 bits per heavy atom. The molecule has 0 fully saturated rings. The lowest BCUT2D eigenvalue weighted by Crippen LogP contribution is -2.52. The molecular weight excluding hydrogens is 538 g/mol. The number of amides is 2. The number of methoxy groups -OCH3 is 1. The summed E-state index contributed by atoms with van der Waals surface area (Å²) in [7, 11) is -2.16. The normalized spacial score (nSPS) is 12.0. The molecule has 9 heteroatoms. The van der Waals surface area contributed by atoms with Gasteiger partial charge in [0.1, 0.15) is 11.8 Å². The van der Waals surface area contributed by atoms with Gasteiger partial charge in [0.15, 0.2) is 0 Å². The Morgan fingerprint density at radius 1 is 0.927 bits per heavy atom. The standard InChI is InChI=1S/C32H41N3O5S/c1-24(2)33-32(37)29(22-26-15-7-6-8-16-26)34(23-27-17-10-9-14-25(27)3)31(36)20-13-21-35(41(5,38)39)28-18-11-12-19-30(28)40-4/h6-12,14-19,24,29H,13,20-23H2,1-5H3,(H,33,37)/t29-/m0/s1. The van der Waals surface area contributed by atoms with Gasteiger partial charge >= 0.3 is 0 Å². The molecule has 0 aliphatic carbocycles. The van der Waals surface area contributed by atoms with Crippen LogP contribution in [0.25, 0.3) is 0 Å². The number of nitrogens with zero attached hydrogens (tertiary/aromatic N) is 2. The smallest absolute Gasteiger partial charge is 0.243 e. The Labute approximate surface area is 244 Å². The monoisotopic (exact) mass is 579 g/mol. The molecule has 0 heterocycles. The van der Waals surface area contributed by atoms with E-state index >= 15 is 0 Å². The van der Waals surface area contributed by atoms with Gasteiger partial charge in [0.05, 0.1) is 19.1 Å². The predicted octanol–water partition coefficient (Wildman–Crippen LogP) is 4.71. The number of hydrogen-bond acceptors (Lipinski definition) is 5. The van der Waals surface area contributed by atoms with E-state index in [0.717, 1.165) is 22.9 Å². The van der Waals surface area contributed by atoms with Crippen LogP contribution in [-0.2, 0) is 32.6 Å². The summed E-state index contributed by atoms with van der Waals surface area (Å²) in [6, 6.07) is 23.5. The van der Waals surface area contributed by atoms with Gasteiger partial charge in [-0.3, -0.25) is 13.9 Å². The second kappa shape index (κ2) is 14.7. The molecule has 0 aliphatic heterocycles. The number of anilines is 1. The first-order valence-electron chi connectivity index (χ1n) is 13.8. The quantitative estimate of drug-likeness (QED) is 0.298. The highest BCUT2D eigenvalue weighted by molar-refractivity contribution is 7.92. The second-order valence-electron chi connectivity index (χ2n) is 10.4. The number of carbonyl (C=O) groups is 2. The third-order valence-electron chi connectivity index (χ3n) is 6.81. The lowest BCUT2D eigenvalue weighted by Gasteiger charge is -2.33. The zero-order valence-corrected chi connectivity index (χ0v) is 25.4. The lowest BCUT2D eigenvalue weighted by molar-refractivity contribution is -0.141. The Balaban J connectivity index is 1.90. The first kappa shape index (κ1) is 31.7. The molecule has 0 radical (unpaired) electrons. The Morgan fingerprint density at radius 3 is 2.20 bits per heavy atom. The first-order valence-corrected chi connectivity index (χ1v) is 15.6. The van der Waals surface area contributed by atoms with E-state index in [1.807, 2.05) is 75.4 Å². The van der Waals surface area contributed by atoms with Crippen molar-refractivity contribution in [3.05, 3.63) is 95.6 Å². The van der Waals surface area contributed by atoms with E-state index in [0.29, 0.717) is 17.9 Å². The van der Waals surface area contributed by atoms with Crippen molar-refractivity contribution in [2.24, 2.45) is 0 Å². The highest BCUT2D eigenvalue weighted by Gasteiger charge is 2.31. The lowest BCUT2D eigenvalue weighted by atomic mass is 10.0. The van der Waals surface area contributed by atoms with Gasteiger partial charge in [-0.05, 0) is 56.0 Å². The second-order valence-corrected chi connectivity index (χ2v) is 12.3. The van der Waals surface area contributed by atoms with E-state index in [9.17, 15) is 18.0 Å². The fraction of sp³-hybridized carbons (Fsp3) is 0.375. The van der Waals surface area contributed by atoms with Crippen molar-refractivity contribution in [2.75, 3.05) is 24.2 Å². The molecule has 0 spiro atoms. The van der Waals surface area contributed by atoms with Gasteiger partial charge in [0.25, 0.3) is 0 Å². The van der Waals surface area contributed by atoms with Crippen molar-refractivity contribution in [3.8, 4) is 5.75 Å². The van der Waals surface area contributed by atoms with Gasteiger partial charge < -0.3 is 15.0 Å². The average Bonchev–Trinajstić information content (AvgIpc) is 2.93. The zero-order chi connectivity index (χ0) is 30.0. The molecule has 0 bridgehead atoms. The molecule has 1 N–H and O–H groups in total. The maximum atomic E-state index is 13.9. The molecule has 41 heavy (non-hydrogen) atoms. The number of ether oxygens (including phenoxy) is 1. The van der Waals surface area contributed by atoms with E-state index in [1.54, 1.807) is 29.2 Å². The first-order chi connectivity index (χ1) is 19.5. The molecule has 0 saturated carbocycles. The van der Waals surface area contributed by atoms with Crippen LogP contribution < -0.4 is 14.4 Å². The van der Waals surface area contributed by atoms with Crippen LogP contribution in [0.2, 0.25) is 0 Å². The van der Waals surface area contributed by atoms with E-state index in [2.05, 4.69) is 5.32 Å². The van der Waals surface area contributed by atoms with Crippen LogP contribution >= 0.6 is 0 Å². The number of rotatable bonds is 14. The third kappa shape index (κ3) is 9.08. The largest absolute Gasteiger partial charge is 0.495 e. The zero-order valence-electron chi connectivity index (χ0n) is 24.5. The number of sulfonamides is 1. The number of benzene rings is 3. The van der Waals surface area contributed by atoms with Crippen LogP contribution in [0.4, 0.5) is 5.69 Å². The molecule has 0 unspecified atom stereocenters. The van der Waals surface area contributed by atoms with Crippen molar-refractivity contribution in [1.29, 1.82) is 0 Å². The number of para-hydroxylation sites is 2. The van der Waals surface area contributed by atoms with Crippen molar-refractivity contribution in [3.63, 3.8) is 0 Å². The fourth-order valence-corrected chi connectivity index (χ4v) is 5.69. The number of hydrogen-bond donors (Lipinski definition) is 1. The number of carbonyl (C=O) groups excluding carboxylic acids is 2. The van der Waals surface area contributed by atoms with Crippen molar-refractivity contribution >= 4 is 27.5 Å².